The predicted molar refractivity (Wildman–Crippen MR) is 94.2 cm³/mol. The van der Waals surface area contributed by atoms with Crippen LogP contribution in [0.3, 0.4) is 0 Å². The van der Waals surface area contributed by atoms with Gasteiger partial charge in [-0.1, -0.05) is 19.1 Å². The van der Waals surface area contributed by atoms with E-state index in [0.29, 0.717) is 17.3 Å². The predicted octanol–water partition coefficient (Wildman–Crippen LogP) is 2.46. The van der Waals surface area contributed by atoms with Crippen LogP contribution in [0.1, 0.15) is 12.5 Å². The molecular formula is C18H19N5O2. The van der Waals surface area contributed by atoms with Gasteiger partial charge in [0.1, 0.15) is 5.75 Å². The summed E-state index contributed by atoms with van der Waals surface area (Å²) >= 11 is 0. The molecule has 3 rings (SSSR count). The van der Waals surface area contributed by atoms with Crippen LogP contribution in [0.15, 0.2) is 48.5 Å². The topological polar surface area (TPSA) is 81.9 Å². The Balaban J connectivity index is 1.54. The Hall–Kier alpha value is -3.22. The maximum Gasteiger partial charge on any atom is 0.262 e. The number of aryl methyl sites for hydroxylation is 2. The first-order chi connectivity index (χ1) is 12.2. The van der Waals surface area contributed by atoms with Crippen molar-refractivity contribution in [2.45, 2.75) is 13.3 Å². The van der Waals surface area contributed by atoms with Crippen LogP contribution in [-0.2, 0) is 18.3 Å². The first-order valence-corrected chi connectivity index (χ1v) is 8.00. The molecular weight excluding hydrogens is 318 g/mol. The number of aromatic nitrogens is 4. The molecule has 7 heteroatoms. The third kappa shape index (κ3) is 4.20. The molecule has 0 aliphatic carbocycles. The maximum absolute atomic E-state index is 12.0. The zero-order chi connectivity index (χ0) is 17.6. The number of tetrazole rings is 1. The molecule has 1 aromatic heterocycles. The van der Waals surface area contributed by atoms with E-state index >= 15 is 0 Å². The van der Waals surface area contributed by atoms with E-state index in [1.807, 2.05) is 36.4 Å². The van der Waals surface area contributed by atoms with E-state index in [1.54, 1.807) is 23.9 Å². The Morgan fingerprint density at radius 3 is 2.44 bits per heavy atom. The molecule has 1 heterocycles. The molecule has 0 aliphatic heterocycles. The fraction of sp³-hybridized carbons (Fsp3) is 0.222. The van der Waals surface area contributed by atoms with Crippen molar-refractivity contribution >= 4 is 11.6 Å². The first-order valence-electron chi connectivity index (χ1n) is 8.00. The van der Waals surface area contributed by atoms with Crippen molar-refractivity contribution in [3.05, 3.63) is 54.1 Å². The van der Waals surface area contributed by atoms with E-state index in [-0.39, 0.29) is 12.5 Å². The summed E-state index contributed by atoms with van der Waals surface area (Å²) in [6, 6.07) is 15.0. The van der Waals surface area contributed by atoms with E-state index in [9.17, 15) is 4.79 Å². The summed E-state index contributed by atoms with van der Waals surface area (Å²) in [5.74, 6) is 1.13. The van der Waals surface area contributed by atoms with Gasteiger partial charge in [-0.25, -0.2) is 4.68 Å². The fourth-order valence-electron chi connectivity index (χ4n) is 2.34. The number of amides is 1. The summed E-state index contributed by atoms with van der Waals surface area (Å²) in [5.41, 5.74) is 2.79. The molecule has 25 heavy (non-hydrogen) atoms. The first kappa shape index (κ1) is 16.6. The molecule has 3 aromatic rings. The molecule has 0 saturated carbocycles. The lowest BCUT2D eigenvalue weighted by molar-refractivity contribution is -0.118. The lowest BCUT2D eigenvalue weighted by atomic mass is 10.2. The molecule has 1 N–H and O–H groups in total. The second-order valence-electron chi connectivity index (χ2n) is 5.54. The van der Waals surface area contributed by atoms with Gasteiger partial charge in [-0.2, -0.15) is 0 Å². The Labute approximate surface area is 145 Å². The van der Waals surface area contributed by atoms with Gasteiger partial charge in [-0.15, -0.1) is 5.10 Å². The number of carbonyl (C=O) groups excluding carboxylic acids is 1. The Morgan fingerprint density at radius 2 is 1.84 bits per heavy atom. The summed E-state index contributed by atoms with van der Waals surface area (Å²) in [4.78, 5) is 12.0. The van der Waals surface area contributed by atoms with Gasteiger partial charge in [-0.05, 0) is 58.8 Å². The maximum atomic E-state index is 12.0. The molecule has 0 fully saturated rings. The standard InChI is InChI=1S/C18H19N5O2/c1-3-13-4-10-16(11-5-13)25-12-17(24)19-15-8-6-14(7-9-15)18-20-21-22-23(18)2/h4-11H,3,12H2,1-2H3,(H,19,24). The van der Waals surface area contributed by atoms with E-state index in [2.05, 4.69) is 27.8 Å². The highest BCUT2D eigenvalue weighted by molar-refractivity contribution is 5.92. The van der Waals surface area contributed by atoms with E-state index < -0.39 is 0 Å². The second kappa shape index (κ2) is 7.57. The van der Waals surface area contributed by atoms with Crippen molar-refractivity contribution in [1.29, 1.82) is 0 Å². The highest BCUT2D eigenvalue weighted by atomic mass is 16.5. The molecule has 0 saturated heterocycles. The number of nitrogens with one attached hydrogen (secondary N) is 1. The van der Waals surface area contributed by atoms with Crippen molar-refractivity contribution in [2.75, 3.05) is 11.9 Å². The highest BCUT2D eigenvalue weighted by Gasteiger charge is 2.07. The fourth-order valence-corrected chi connectivity index (χ4v) is 2.34. The minimum Gasteiger partial charge on any atom is -0.484 e. The quantitative estimate of drug-likeness (QED) is 0.747. The van der Waals surface area contributed by atoms with Crippen LogP contribution >= 0.6 is 0 Å². The average Bonchev–Trinajstić information content (AvgIpc) is 3.07. The number of benzene rings is 2. The molecule has 0 atom stereocenters. The van der Waals surface area contributed by atoms with Gasteiger partial charge >= 0.3 is 0 Å². The molecule has 0 spiro atoms. The summed E-state index contributed by atoms with van der Waals surface area (Å²) in [5, 5.41) is 14.2. The molecule has 0 bridgehead atoms. The van der Waals surface area contributed by atoms with Crippen molar-refractivity contribution in [1.82, 2.24) is 20.2 Å². The SMILES string of the molecule is CCc1ccc(OCC(=O)Nc2ccc(-c3nnnn3C)cc2)cc1. The van der Waals surface area contributed by atoms with Gasteiger partial charge in [0.2, 0.25) is 0 Å². The number of carbonyl (C=O) groups is 1. The molecule has 128 valence electrons. The largest absolute Gasteiger partial charge is 0.484 e. The van der Waals surface area contributed by atoms with Crippen LogP contribution in [0.5, 0.6) is 5.75 Å². The normalized spacial score (nSPS) is 10.5. The van der Waals surface area contributed by atoms with Crippen LogP contribution in [0, 0.1) is 0 Å². The summed E-state index contributed by atoms with van der Waals surface area (Å²) in [7, 11) is 1.77. The smallest absolute Gasteiger partial charge is 0.262 e. The monoisotopic (exact) mass is 337 g/mol. The van der Waals surface area contributed by atoms with E-state index in [1.165, 1.54) is 5.56 Å². The molecule has 7 nitrogen and oxygen atoms in total. The zero-order valence-electron chi connectivity index (χ0n) is 14.1. The molecule has 1 amide bonds. The van der Waals surface area contributed by atoms with Crippen LogP contribution in [0.4, 0.5) is 5.69 Å². The highest BCUT2D eigenvalue weighted by Crippen LogP contribution is 2.18. The molecule has 2 aromatic carbocycles. The van der Waals surface area contributed by atoms with Crippen molar-refractivity contribution in [3.63, 3.8) is 0 Å². The van der Waals surface area contributed by atoms with Crippen LogP contribution in [0.2, 0.25) is 0 Å². The van der Waals surface area contributed by atoms with Gasteiger partial charge in [-0.3, -0.25) is 4.79 Å². The van der Waals surface area contributed by atoms with Gasteiger partial charge in [0.15, 0.2) is 12.4 Å². The lowest BCUT2D eigenvalue weighted by Crippen LogP contribution is -2.20. The minimum absolute atomic E-state index is 0.0412. The number of hydrogen-bond acceptors (Lipinski definition) is 5. The molecule has 0 aliphatic rings. The van der Waals surface area contributed by atoms with Gasteiger partial charge in [0, 0.05) is 18.3 Å². The van der Waals surface area contributed by atoms with Crippen LogP contribution in [-0.4, -0.2) is 32.7 Å². The van der Waals surface area contributed by atoms with Crippen LogP contribution in [0.25, 0.3) is 11.4 Å². The van der Waals surface area contributed by atoms with Crippen molar-refractivity contribution in [3.8, 4) is 17.1 Å². The zero-order valence-corrected chi connectivity index (χ0v) is 14.1. The Morgan fingerprint density at radius 1 is 1.12 bits per heavy atom. The number of rotatable bonds is 6. The van der Waals surface area contributed by atoms with E-state index in [0.717, 1.165) is 12.0 Å². The molecule has 0 unspecified atom stereocenters. The third-order valence-corrected chi connectivity index (χ3v) is 3.75. The average molecular weight is 337 g/mol. The minimum atomic E-state index is -0.215. The lowest BCUT2D eigenvalue weighted by Gasteiger charge is -2.08. The van der Waals surface area contributed by atoms with Gasteiger partial charge in [0.25, 0.3) is 5.91 Å². The number of nitrogens with zero attached hydrogens (tertiary/aromatic N) is 4. The number of hydrogen-bond donors (Lipinski definition) is 1. The Kier molecular flexibility index (Phi) is 5.03. The molecule has 0 radical (unpaired) electrons. The van der Waals surface area contributed by atoms with Crippen LogP contribution < -0.4 is 10.1 Å². The Bertz CT molecular complexity index is 841. The van der Waals surface area contributed by atoms with Crippen molar-refractivity contribution in [2.24, 2.45) is 7.05 Å². The van der Waals surface area contributed by atoms with Gasteiger partial charge < -0.3 is 10.1 Å². The third-order valence-electron chi connectivity index (χ3n) is 3.75. The number of anilines is 1. The summed E-state index contributed by atoms with van der Waals surface area (Å²) in [6.07, 6.45) is 0.973. The number of ether oxygens (including phenoxy) is 1. The summed E-state index contributed by atoms with van der Waals surface area (Å²) in [6.45, 7) is 2.05. The summed E-state index contributed by atoms with van der Waals surface area (Å²) < 4.78 is 7.08. The van der Waals surface area contributed by atoms with Gasteiger partial charge in [0.05, 0.1) is 0 Å². The second-order valence-corrected chi connectivity index (χ2v) is 5.54. The van der Waals surface area contributed by atoms with E-state index in [4.69, 9.17) is 4.74 Å². The van der Waals surface area contributed by atoms with Crippen molar-refractivity contribution < 1.29 is 9.53 Å².